The van der Waals surface area contributed by atoms with Crippen molar-refractivity contribution in [2.75, 3.05) is 0 Å². The topological polar surface area (TPSA) is 68.5 Å². The number of hydrogen-bond donors (Lipinski definition) is 1. The average Bonchev–Trinajstić information content (AvgIpc) is 3.00. The van der Waals surface area contributed by atoms with Crippen molar-refractivity contribution < 1.29 is 0 Å². The van der Waals surface area contributed by atoms with Crippen LogP contribution >= 0.6 is 11.3 Å². The van der Waals surface area contributed by atoms with Gasteiger partial charge in [0.25, 0.3) is 0 Å². The number of para-hydroxylation sites is 1. The minimum Gasteiger partial charge on any atom is -0.308 e. The summed E-state index contributed by atoms with van der Waals surface area (Å²) in [5.74, 6) is 0. The standard InChI is InChI=1S/C12H12N6S/c1-2-4-10-9(3-1)14-17-18(10)12-16-15-11(19-12)7-13-8-5-6-8/h1-4,8,13H,5-7H2. The van der Waals surface area contributed by atoms with E-state index >= 15 is 0 Å². The molecule has 1 saturated carbocycles. The van der Waals surface area contributed by atoms with Crippen LogP contribution in [0.5, 0.6) is 0 Å². The summed E-state index contributed by atoms with van der Waals surface area (Å²) < 4.78 is 1.74. The molecule has 2 heterocycles. The first-order valence-corrected chi connectivity index (χ1v) is 7.08. The van der Waals surface area contributed by atoms with Gasteiger partial charge in [0.05, 0.1) is 12.1 Å². The van der Waals surface area contributed by atoms with Crippen molar-refractivity contribution in [3.8, 4) is 5.13 Å². The van der Waals surface area contributed by atoms with Crippen molar-refractivity contribution in [1.82, 2.24) is 30.5 Å². The highest BCUT2D eigenvalue weighted by Crippen LogP contribution is 2.22. The van der Waals surface area contributed by atoms with Gasteiger partial charge in [-0.2, -0.15) is 4.68 Å². The molecule has 19 heavy (non-hydrogen) atoms. The summed E-state index contributed by atoms with van der Waals surface area (Å²) in [5.41, 5.74) is 1.83. The molecule has 0 unspecified atom stereocenters. The Morgan fingerprint density at radius 2 is 2.11 bits per heavy atom. The van der Waals surface area contributed by atoms with Crippen LogP contribution in [-0.2, 0) is 6.54 Å². The second-order valence-corrected chi connectivity index (χ2v) is 5.66. The number of hydrogen-bond acceptors (Lipinski definition) is 6. The van der Waals surface area contributed by atoms with E-state index in [0.29, 0.717) is 6.04 Å². The van der Waals surface area contributed by atoms with Gasteiger partial charge in [-0.15, -0.1) is 15.3 Å². The summed E-state index contributed by atoms with van der Waals surface area (Å²) >= 11 is 1.55. The Bertz CT molecular complexity index is 714. The van der Waals surface area contributed by atoms with E-state index in [2.05, 4.69) is 25.8 Å². The molecule has 1 N–H and O–H groups in total. The van der Waals surface area contributed by atoms with Crippen LogP contribution in [0.4, 0.5) is 0 Å². The molecular weight excluding hydrogens is 260 g/mol. The smallest absolute Gasteiger partial charge is 0.234 e. The summed E-state index contributed by atoms with van der Waals surface area (Å²) in [6.45, 7) is 0.787. The van der Waals surface area contributed by atoms with Gasteiger partial charge < -0.3 is 5.32 Å². The van der Waals surface area contributed by atoms with Gasteiger partial charge in [-0.3, -0.25) is 0 Å². The van der Waals surface area contributed by atoms with E-state index in [0.717, 1.165) is 27.7 Å². The molecule has 0 bridgehead atoms. The van der Waals surface area contributed by atoms with E-state index in [9.17, 15) is 0 Å². The molecule has 0 atom stereocenters. The van der Waals surface area contributed by atoms with Crippen LogP contribution in [0.2, 0.25) is 0 Å². The second-order valence-electron chi connectivity index (χ2n) is 4.62. The fourth-order valence-electron chi connectivity index (χ4n) is 1.93. The second kappa shape index (κ2) is 4.36. The zero-order valence-electron chi connectivity index (χ0n) is 10.2. The lowest BCUT2D eigenvalue weighted by molar-refractivity contribution is 0.678. The third kappa shape index (κ3) is 2.11. The van der Waals surface area contributed by atoms with E-state index in [1.807, 2.05) is 24.3 Å². The zero-order valence-corrected chi connectivity index (χ0v) is 11.0. The Labute approximate surface area is 113 Å². The van der Waals surface area contributed by atoms with Gasteiger partial charge in [-0.1, -0.05) is 28.7 Å². The fraction of sp³-hybridized carbons (Fsp3) is 0.333. The third-order valence-electron chi connectivity index (χ3n) is 3.11. The molecule has 3 aromatic rings. The Kier molecular flexibility index (Phi) is 2.52. The maximum atomic E-state index is 4.20. The Balaban J connectivity index is 1.64. The lowest BCUT2D eigenvalue weighted by atomic mass is 10.3. The first-order chi connectivity index (χ1) is 9.40. The molecule has 0 spiro atoms. The van der Waals surface area contributed by atoms with Crippen LogP contribution in [0.15, 0.2) is 24.3 Å². The molecule has 1 aromatic carbocycles. The molecule has 0 amide bonds. The molecule has 6 nitrogen and oxygen atoms in total. The van der Waals surface area contributed by atoms with Gasteiger partial charge in [-0.25, -0.2) is 0 Å². The van der Waals surface area contributed by atoms with Crippen molar-refractivity contribution >= 4 is 22.4 Å². The van der Waals surface area contributed by atoms with Crippen LogP contribution in [0, 0.1) is 0 Å². The third-order valence-corrected chi connectivity index (χ3v) is 4.01. The van der Waals surface area contributed by atoms with Gasteiger partial charge in [0.15, 0.2) is 0 Å². The summed E-state index contributed by atoms with van der Waals surface area (Å²) in [7, 11) is 0. The predicted molar refractivity (Wildman–Crippen MR) is 72.2 cm³/mol. The molecule has 0 radical (unpaired) electrons. The van der Waals surface area contributed by atoms with E-state index < -0.39 is 0 Å². The number of fused-ring (bicyclic) bond motifs is 1. The summed E-state index contributed by atoms with van der Waals surface area (Å²) in [6.07, 6.45) is 2.55. The highest BCUT2D eigenvalue weighted by atomic mass is 32.1. The van der Waals surface area contributed by atoms with E-state index in [4.69, 9.17) is 0 Å². The first-order valence-electron chi connectivity index (χ1n) is 6.27. The fourth-order valence-corrected chi connectivity index (χ4v) is 2.68. The number of nitrogens with one attached hydrogen (secondary N) is 1. The van der Waals surface area contributed by atoms with E-state index in [1.165, 1.54) is 12.8 Å². The molecule has 1 aliphatic carbocycles. The average molecular weight is 272 g/mol. The van der Waals surface area contributed by atoms with Crippen LogP contribution in [0.3, 0.4) is 0 Å². The molecule has 1 aliphatic rings. The number of rotatable bonds is 4. The molecule has 2 aromatic heterocycles. The SMILES string of the molecule is c1ccc2c(c1)nnn2-c1nnc(CNC2CC2)s1. The van der Waals surface area contributed by atoms with E-state index in [-0.39, 0.29) is 0 Å². The molecule has 0 saturated heterocycles. The van der Waals surface area contributed by atoms with Crippen molar-refractivity contribution in [3.05, 3.63) is 29.3 Å². The van der Waals surface area contributed by atoms with Crippen LogP contribution in [-0.4, -0.2) is 31.2 Å². The van der Waals surface area contributed by atoms with Gasteiger partial charge in [0.1, 0.15) is 10.5 Å². The minimum absolute atomic E-state index is 0.680. The van der Waals surface area contributed by atoms with Crippen molar-refractivity contribution in [1.29, 1.82) is 0 Å². The zero-order chi connectivity index (χ0) is 12.7. The molecular formula is C12H12N6S. The summed E-state index contributed by atoms with van der Waals surface area (Å²) in [6, 6.07) is 8.53. The largest absolute Gasteiger partial charge is 0.308 e. The maximum absolute atomic E-state index is 4.20. The number of benzene rings is 1. The van der Waals surface area contributed by atoms with Gasteiger partial charge in [0, 0.05) is 6.04 Å². The lowest BCUT2D eigenvalue weighted by Crippen LogP contribution is -2.14. The molecule has 1 fully saturated rings. The quantitative estimate of drug-likeness (QED) is 0.780. The highest BCUT2D eigenvalue weighted by molar-refractivity contribution is 7.13. The van der Waals surface area contributed by atoms with E-state index in [1.54, 1.807) is 16.0 Å². The Morgan fingerprint density at radius 3 is 3.00 bits per heavy atom. The minimum atomic E-state index is 0.680. The Morgan fingerprint density at radius 1 is 1.21 bits per heavy atom. The predicted octanol–water partition coefficient (Wildman–Crippen LogP) is 1.52. The number of nitrogens with zero attached hydrogens (tertiary/aromatic N) is 5. The number of aromatic nitrogens is 5. The normalized spacial score (nSPS) is 15.2. The maximum Gasteiger partial charge on any atom is 0.234 e. The van der Waals surface area contributed by atoms with Crippen molar-refractivity contribution in [3.63, 3.8) is 0 Å². The summed E-state index contributed by atoms with van der Waals surface area (Å²) in [4.78, 5) is 0. The molecule has 4 rings (SSSR count). The molecule has 96 valence electrons. The van der Waals surface area contributed by atoms with Gasteiger partial charge in [0.2, 0.25) is 5.13 Å². The molecule has 7 heteroatoms. The lowest BCUT2D eigenvalue weighted by Gasteiger charge is -1.96. The van der Waals surface area contributed by atoms with Crippen LogP contribution in [0.25, 0.3) is 16.2 Å². The van der Waals surface area contributed by atoms with Crippen molar-refractivity contribution in [2.45, 2.75) is 25.4 Å². The van der Waals surface area contributed by atoms with Crippen LogP contribution in [0.1, 0.15) is 17.8 Å². The monoisotopic (exact) mass is 272 g/mol. The van der Waals surface area contributed by atoms with Gasteiger partial charge >= 0.3 is 0 Å². The Hall–Kier alpha value is -1.86. The van der Waals surface area contributed by atoms with Gasteiger partial charge in [-0.05, 0) is 25.0 Å². The first kappa shape index (κ1) is 11.0. The van der Waals surface area contributed by atoms with Crippen LogP contribution < -0.4 is 5.32 Å². The van der Waals surface area contributed by atoms with Crippen molar-refractivity contribution in [2.24, 2.45) is 0 Å². The molecule has 0 aliphatic heterocycles. The highest BCUT2D eigenvalue weighted by Gasteiger charge is 2.21. The summed E-state index contributed by atoms with van der Waals surface area (Å²) in [5, 5.41) is 21.8.